The first-order valence-electron chi connectivity index (χ1n) is 4.45. The summed E-state index contributed by atoms with van der Waals surface area (Å²) in [6.45, 7) is 2.30. The largest absolute Gasteiger partial charge is 0.243 e. The van der Waals surface area contributed by atoms with Crippen molar-refractivity contribution in [3.05, 3.63) is 17.7 Å². The predicted octanol–water partition coefficient (Wildman–Crippen LogP) is 1.16. The van der Waals surface area contributed by atoms with Gasteiger partial charge in [0.2, 0.25) is 15.3 Å². The zero-order valence-corrected chi connectivity index (χ0v) is 11.2. The second-order valence-electron chi connectivity index (χ2n) is 3.09. The van der Waals surface area contributed by atoms with Crippen LogP contribution in [0.1, 0.15) is 6.92 Å². The predicted molar refractivity (Wildman–Crippen MR) is 65.2 cm³/mol. The Kier molecular flexibility index (Phi) is 4.97. The second kappa shape index (κ2) is 5.81. The fraction of sp³-hybridized carbons (Fsp3) is 0.500. The number of nitrogens with zero attached hydrogens (tertiary/aromatic N) is 2. The van der Waals surface area contributed by atoms with Crippen molar-refractivity contribution in [1.29, 1.82) is 0 Å². The number of sulfonamides is 1. The first-order chi connectivity index (χ1) is 7.45. The van der Waals surface area contributed by atoms with E-state index in [9.17, 15) is 8.42 Å². The monoisotopic (exact) mass is 281 g/mol. The molecule has 0 spiro atoms. The Hall–Kier alpha value is -0.370. The van der Waals surface area contributed by atoms with Crippen LogP contribution in [0.5, 0.6) is 0 Å². The highest BCUT2D eigenvalue weighted by molar-refractivity contribution is 7.99. The van der Waals surface area contributed by atoms with Crippen molar-refractivity contribution in [3.8, 4) is 0 Å². The topological polar surface area (TPSA) is 72.0 Å². The molecule has 1 heterocycles. The van der Waals surface area contributed by atoms with Crippen LogP contribution in [0.15, 0.2) is 17.3 Å². The van der Waals surface area contributed by atoms with Gasteiger partial charge in [-0.25, -0.2) is 23.1 Å². The Morgan fingerprint density at radius 1 is 1.50 bits per heavy atom. The van der Waals surface area contributed by atoms with Crippen molar-refractivity contribution in [2.45, 2.75) is 17.1 Å². The van der Waals surface area contributed by atoms with Crippen LogP contribution in [0.3, 0.4) is 0 Å². The Bertz CT molecular complexity index is 435. The molecule has 1 unspecified atom stereocenters. The molecule has 5 nitrogen and oxygen atoms in total. The van der Waals surface area contributed by atoms with Crippen molar-refractivity contribution in [3.63, 3.8) is 0 Å². The van der Waals surface area contributed by atoms with Gasteiger partial charge in [0.25, 0.3) is 0 Å². The van der Waals surface area contributed by atoms with Gasteiger partial charge in [-0.05, 0) is 17.9 Å². The normalized spacial score (nSPS) is 13.7. The molecule has 0 aliphatic rings. The lowest BCUT2D eigenvalue weighted by molar-refractivity contribution is 0.580. The summed E-state index contributed by atoms with van der Waals surface area (Å²) in [6, 6.07) is 0. The molecule has 1 aromatic rings. The summed E-state index contributed by atoms with van der Waals surface area (Å²) in [6.07, 6.45) is 4.28. The zero-order chi connectivity index (χ0) is 12.2. The van der Waals surface area contributed by atoms with E-state index >= 15 is 0 Å². The summed E-state index contributed by atoms with van der Waals surface area (Å²) >= 11 is 7.05. The molecule has 0 radical (unpaired) electrons. The molecule has 0 bridgehead atoms. The lowest BCUT2D eigenvalue weighted by atomic mass is 10.5. The number of rotatable bonds is 5. The Labute approximate surface area is 104 Å². The number of nitrogens with one attached hydrogen (secondary N) is 1. The summed E-state index contributed by atoms with van der Waals surface area (Å²) in [7, 11) is -3.53. The van der Waals surface area contributed by atoms with E-state index in [2.05, 4.69) is 14.7 Å². The number of thioether (sulfide) groups is 1. The molecular formula is C8H12ClN3O2S2. The van der Waals surface area contributed by atoms with Crippen LogP contribution in [-0.4, -0.2) is 36.4 Å². The van der Waals surface area contributed by atoms with Gasteiger partial charge in [-0.3, -0.25) is 0 Å². The average Bonchev–Trinajstić information content (AvgIpc) is 2.26. The summed E-state index contributed by atoms with van der Waals surface area (Å²) in [4.78, 5) is 7.26. The smallest absolute Gasteiger partial charge is 0.225 e. The molecule has 8 heteroatoms. The molecule has 1 atom stereocenters. The van der Waals surface area contributed by atoms with E-state index in [-0.39, 0.29) is 15.4 Å². The lowest BCUT2D eigenvalue weighted by Gasteiger charge is -2.09. The van der Waals surface area contributed by atoms with Crippen LogP contribution in [-0.2, 0) is 10.0 Å². The maximum absolute atomic E-state index is 11.7. The minimum atomic E-state index is -3.53. The molecule has 90 valence electrons. The molecule has 0 aromatic carbocycles. The number of hydrogen-bond acceptors (Lipinski definition) is 5. The molecular weight excluding hydrogens is 270 g/mol. The fourth-order valence-electron chi connectivity index (χ4n) is 0.833. The molecule has 0 saturated carbocycles. The van der Waals surface area contributed by atoms with Gasteiger partial charge in [-0.15, -0.1) is 0 Å². The fourth-order valence-corrected chi connectivity index (χ4v) is 2.31. The highest BCUT2D eigenvalue weighted by Gasteiger charge is 2.15. The molecule has 0 aliphatic heterocycles. The number of halogens is 1. The van der Waals surface area contributed by atoms with E-state index in [1.54, 1.807) is 11.8 Å². The van der Waals surface area contributed by atoms with Crippen LogP contribution in [0.2, 0.25) is 5.28 Å². The van der Waals surface area contributed by atoms with Crippen LogP contribution in [0.4, 0.5) is 0 Å². The van der Waals surface area contributed by atoms with E-state index in [0.29, 0.717) is 6.54 Å². The molecule has 0 aliphatic carbocycles. The van der Waals surface area contributed by atoms with Crippen molar-refractivity contribution in [1.82, 2.24) is 14.7 Å². The molecule has 0 saturated heterocycles. The number of hydrogen-bond donors (Lipinski definition) is 1. The Morgan fingerprint density at radius 3 is 2.56 bits per heavy atom. The van der Waals surface area contributed by atoms with Gasteiger partial charge in [0.15, 0.2) is 0 Å². The molecule has 1 N–H and O–H groups in total. The quantitative estimate of drug-likeness (QED) is 0.820. The first kappa shape index (κ1) is 13.7. The van der Waals surface area contributed by atoms with E-state index in [4.69, 9.17) is 11.6 Å². The first-order valence-corrected chi connectivity index (χ1v) is 7.60. The van der Waals surface area contributed by atoms with Gasteiger partial charge < -0.3 is 0 Å². The van der Waals surface area contributed by atoms with Crippen molar-refractivity contribution in [2.75, 3.05) is 12.8 Å². The van der Waals surface area contributed by atoms with Crippen molar-refractivity contribution in [2.24, 2.45) is 0 Å². The van der Waals surface area contributed by atoms with Crippen LogP contribution in [0, 0.1) is 0 Å². The Morgan fingerprint density at radius 2 is 2.06 bits per heavy atom. The minimum Gasteiger partial charge on any atom is -0.225 e. The summed E-state index contributed by atoms with van der Waals surface area (Å²) in [5, 5.41) is 0.236. The zero-order valence-electron chi connectivity index (χ0n) is 8.84. The highest BCUT2D eigenvalue weighted by atomic mass is 35.5. The third kappa shape index (κ3) is 3.89. The molecule has 16 heavy (non-hydrogen) atoms. The summed E-state index contributed by atoms with van der Waals surface area (Å²) in [5.74, 6) is 0. The van der Waals surface area contributed by atoms with Crippen LogP contribution >= 0.6 is 23.4 Å². The number of aromatic nitrogens is 2. The molecule has 1 aromatic heterocycles. The van der Waals surface area contributed by atoms with E-state index in [0.717, 1.165) is 0 Å². The highest BCUT2D eigenvalue weighted by Crippen LogP contribution is 2.09. The second-order valence-corrected chi connectivity index (χ2v) is 6.47. The van der Waals surface area contributed by atoms with Gasteiger partial charge in [0.1, 0.15) is 4.90 Å². The molecule has 0 fully saturated rings. The van der Waals surface area contributed by atoms with Gasteiger partial charge in [-0.1, -0.05) is 6.92 Å². The van der Waals surface area contributed by atoms with E-state index < -0.39 is 10.0 Å². The van der Waals surface area contributed by atoms with Gasteiger partial charge in [0.05, 0.1) is 12.4 Å². The third-order valence-corrected chi connectivity index (χ3v) is 4.41. The summed E-state index contributed by atoms with van der Waals surface area (Å²) < 4.78 is 25.9. The average molecular weight is 282 g/mol. The van der Waals surface area contributed by atoms with Gasteiger partial charge in [0, 0.05) is 11.8 Å². The molecule has 1 rings (SSSR count). The van der Waals surface area contributed by atoms with Crippen LogP contribution < -0.4 is 4.72 Å². The van der Waals surface area contributed by atoms with Crippen molar-refractivity contribution >= 4 is 33.4 Å². The maximum atomic E-state index is 11.7. The summed E-state index contributed by atoms with van der Waals surface area (Å²) in [5.41, 5.74) is 0. The van der Waals surface area contributed by atoms with Gasteiger partial charge >= 0.3 is 0 Å². The standard InChI is InChI=1S/C8H12ClN3O2S2/c1-6(15-2)3-12-16(13,14)7-4-10-8(9)11-5-7/h4-6,12H,3H2,1-2H3. The lowest BCUT2D eigenvalue weighted by Crippen LogP contribution is -2.29. The van der Waals surface area contributed by atoms with Crippen LogP contribution in [0.25, 0.3) is 0 Å². The maximum Gasteiger partial charge on any atom is 0.243 e. The van der Waals surface area contributed by atoms with Crippen molar-refractivity contribution < 1.29 is 8.42 Å². The Balaban J connectivity index is 2.74. The minimum absolute atomic E-state index is 0.0187. The molecule has 0 amide bonds. The van der Waals surface area contributed by atoms with E-state index in [1.165, 1.54) is 12.4 Å². The SMILES string of the molecule is CSC(C)CNS(=O)(=O)c1cnc(Cl)nc1. The van der Waals surface area contributed by atoms with Gasteiger partial charge in [-0.2, -0.15) is 11.8 Å². The van der Waals surface area contributed by atoms with E-state index in [1.807, 2.05) is 13.2 Å². The third-order valence-electron chi connectivity index (χ3n) is 1.87.